The molecule has 0 radical (unpaired) electrons. The monoisotopic (exact) mass is 326 g/mol. The summed E-state index contributed by atoms with van der Waals surface area (Å²) in [7, 11) is 0. The van der Waals surface area contributed by atoms with Gasteiger partial charge in [0.15, 0.2) is 5.11 Å². The molecule has 3 nitrogen and oxygen atoms in total. The van der Waals surface area contributed by atoms with Gasteiger partial charge >= 0.3 is 0 Å². The van der Waals surface area contributed by atoms with Crippen molar-refractivity contribution in [2.75, 3.05) is 10.6 Å². The van der Waals surface area contributed by atoms with Crippen molar-refractivity contribution in [3.63, 3.8) is 0 Å². The minimum absolute atomic E-state index is 0.214. The Bertz CT molecular complexity index is 895. The van der Waals surface area contributed by atoms with Crippen LogP contribution < -0.4 is 10.6 Å². The molecule has 0 aromatic heterocycles. The highest BCUT2D eigenvalue weighted by Crippen LogP contribution is 2.29. The number of hydrogen-bond donors (Lipinski definition) is 3. The van der Waals surface area contributed by atoms with Crippen molar-refractivity contribution in [2.45, 2.75) is 6.92 Å². The average Bonchev–Trinajstić information content (AvgIpc) is 2.52. The number of halogens is 1. The Morgan fingerprint density at radius 1 is 1.00 bits per heavy atom. The van der Waals surface area contributed by atoms with Crippen LogP contribution in [0.25, 0.3) is 10.8 Å². The van der Waals surface area contributed by atoms with Crippen LogP contribution in [0.2, 0.25) is 0 Å². The quantitative estimate of drug-likeness (QED) is 0.592. The maximum absolute atomic E-state index is 13.6. The summed E-state index contributed by atoms with van der Waals surface area (Å²) < 4.78 is 13.6. The number of fused-ring (bicyclic) bond motifs is 1. The van der Waals surface area contributed by atoms with Gasteiger partial charge in [-0.15, -0.1) is 0 Å². The predicted octanol–water partition coefficient (Wildman–Crippen LogP) is 4.80. The molecule has 0 aliphatic carbocycles. The average molecular weight is 326 g/mol. The number of thiocarbonyl (C=S) groups is 1. The van der Waals surface area contributed by atoms with Crippen LogP contribution in [-0.2, 0) is 0 Å². The maximum Gasteiger partial charge on any atom is 0.175 e. The van der Waals surface area contributed by atoms with E-state index < -0.39 is 0 Å². The van der Waals surface area contributed by atoms with E-state index in [1.807, 2.05) is 24.3 Å². The molecule has 0 bridgehead atoms. The lowest BCUT2D eigenvalue weighted by Gasteiger charge is -2.13. The van der Waals surface area contributed by atoms with Gasteiger partial charge in [-0.3, -0.25) is 0 Å². The molecule has 116 valence electrons. The van der Waals surface area contributed by atoms with E-state index in [2.05, 4.69) is 10.6 Å². The number of rotatable bonds is 2. The third-order valence-corrected chi connectivity index (χ3v) is 3.78. The number of hydrogen-bond acceptors (Lipinski definition) is 2. The van der Waals surface area contributed by atoms with Crippen molar-refractivity contribution in [1.29, 1.82) is 0 Å². The second kappa shape index (κ2) is 6.22. The molecule has 23 heavy (non-hydrogen) atoms. The van der Waals surface area contributed by atoms with Crippen molar-refractivity contribution in [3.05, 3.63) is 66.0 Å². The number of phenolic OH excluding ortho intramolecular Hbond substituents is 1. The molecule has 0 aliphatic rings. The van der Waals surface area contributed by atoms with Crippen LogP contribution >= 0.6 is 12.2 Å². The second-order valence-corrected chi connectivity index (χ2v) is 5.63. The van der Waals surface area contributed by atoms with Crippen LogP contribution in [0.1, 0.15) is 5.56 Å². The van der Waals surface area contributed by atoms with E-state index in [0.717, 1.165) is 16.5 Å². The number of anilines is 2. The van der Waals surface area contributed by atoms with Crippen molar-refractivity contribution in [2.24, 2.45) is 0 Å². The van der Waals surface area contributed by atoms with Crippen LogP contribution in [-0.4, -0.2) is 10.2 Å². The van der Waals surface area contributed by atoms with Gasteiger partial charge in [-0.2, -0.15) is 0 Å². The summed E-state index contributed by atoms with van der Waals surface area (Å²) in [5, 5.41) is 17.9. The molecule has 0 amide bonds. The van der Waals surface area contributed by atoms with Gasteiger partial charge in [0, 0.05) is 22.1 Å². The fraction of sp³-hybridized carbons (Fsp3) is 0.0556. The van der Waals surface area contributed by atoms with Gasteiger partial charge in [0.05, 0.1) is 0 Å². The Hall–Kier alpha value is -2.66. The largest absolute Gasteiger partial charge is 0.507 e. The summed E-state index contributed by atoms with van der Waals surface area (Å²) in [6, 6.07) is 15.7. The summed E-state index contributed by atoms with van der Waals surface area (Å²) in [4.78, 5) is 0. The van der Waals surface area contributed by atoms with E-state index in [1.54, 1.807) is 31.2 Å². The van der Waals surface area contributed by atoms with E-state index in [9.17, 15) is 9.50 Å². The van der Waals surface area contributed by atoms with E-state index in [1.165, 1.54) is 6.07 Å². The Balaban J connectivity index is 1.83. The van der Waals surface area contributed by atoms with E-state index in [4.69, 9.17) is 12.2 Å². The molecular formula is C18H15FN2OS. The Morgan fingerprint density at radius 3 is 2.52 bits per heavy atom. The zero-order chi connectivity index (χ0) is 16.4. The van der Waals surface area contributed by atoms with Crippen LogP contribution in [0.4, 0.5) is 15.8 Å². The predicted molar refractivity (Wildman–Crippen MR) is 96.6 cm³/mol. The van der Waals surface area contributed by atoms with Gasteiger partial charge < -0.3 is 15.7 Å². The highest BCUT2D eigenvalue weighted by Gasteiger charge is 2.06. The molecule has 0 saturated heterocycles. The molecule has 5 heteroatoms. The van der Waals surface area contributed by atoms with E-state index in [0.29, 0.717) is 16.4 Å². The molecule has 0 aliphatic heterocycles. The molecule has 3 aromatic carbocycles. The minimum Gasteiger partial charge on any atom is -0.507 e. The van der Waals surface area contributed by atoms with E-state index in [-0.39, 0.29) is 11.6 Å². The van der Waals surface area contributed by atoms with Crippen LogP contribution in [0.5, 0.6) is 5.75 Å². The van der Waals surface area contributed by atoms with Gasteiger partial charge in [-0.25, -0.2) is 4.39 Å². The zero-order valence-electron chi connectivity index (χ0n) is 12.4. The van der Waals surface area contributed by atoms with Gasteiger partial charge in [-0.1, -0.05) is 30.3 Å². The first-order valence-corrected chi connectivity index (χ1v) is 7.50. The highest BCUT2D eigenvalue weighted by molar-refractivity contribution is 7.80. The highest BCUT2D eigenvalue weighted by atomic mass is 32.1. The summed E-state index contributed by atoms with van der Waals surface area (Å²) >= 11 is 5.28. The summed E-state index contributed by atoms with van der Waals surface area (Å²) in [5.74, 6) is -0.0708. The third kappa shape index (κ3) is 3.24. The molecule has 0 saturated carbocycles. The number of aromatic hydroxyl groups is 1. The molecule has 0 spiro atoms. The summed E-state index contributed by atoms with van der Waals surface area (Å²) in [6.07, 6.45) is 0. The topological polar surface area (TPSA) is 44.3 Å². The fourth-order valence-corrected chi connectivity index (χ4v) is 2.59. The summed E-state index contributed by atoms with van der Waals surface area (Å²) in [5.41, 5.74) is 1.93. The zero-order valence-corrected chi connectivity index (χ0v) is 13.2. The lowest BCUT2D eigenvalue weighted by Crippen LogP contribution is -2.19. The number of nitrogens with one attached hydrogen (secondary N) is 2. The number of phenols is 1. The molecule has 0 atom stereocenters. The standard InChI is InChI=1S/C18H15FN2OS/c1-11-8-9-12(10-15(11)19)20-18(23)21-16-6-2-5-14-13(16)4-3-7-17(14)22/h2-10,22H,1H3,(H2,20,21,23). The maximum atomic E-state index is 13.6. The van der Waals surface area contributed by atoms with Crippen molar-refractivity contribution in [3.8, 4) is 5.75 Å². The Morgan fingerprint density at radius 2 is 1.74 bits per heavy atom. The molecule has 0 heterocycles. The van der Waals surface area contributed by atoms with Gasteiger partial charge in [0.2, 0.25) is 0 Å². The van der Waals surface area contributed by atoms with Crippen LogP contribution in [0, 0.1) is 12.7 Å². The van der Waals surface area contributed by atoms with Crippen LogP contribution in [0.3, 0.4) is 0 Å². The second-order valence-electron chi connectivity index (χ2n) is 5.22. The number of benzene rings is 3. The smallest absolute Gasteiger partial charge is 0.175 e. The minimum atomic E-state index is -0.284. The molecule has 3 rings (SSSR count). The molecule has 0 fully saturated rings. The SMILES string of the molecule is Cc1ccc(NC(=S)Nc2cccc3c(O)cccc23)cc1F. The molecule has 3 N–H and O–H groups in total. The van der Waals surface area contributed by atoms with Crippen LogP contribution in [0.15, 0.2) is 54.6 Å². The number of aryl methyl sites for hydroxylation is 1. The first-order valence-electron chi connectivity index (χ1n) is 7.09. The first kappa shape index (κ1) is 15.2. The van der Waals surface area contributed by atoms with Gasteiger partial charge in [-0.05, 0) is 49.0 Å². The Labute approximate surface area is 138 Å². The molecule has 0 unspecified atom stereocenters. The van der Waals surface area contributed by atoms with Crippen molar-refractivity contribution < 1.29 is 9.50 Å². The van der Waals surface area contributed by atoms with Crippen molar-refractivity contribution in [1.82, 2.24) is 0 Å². The van der Waals surface area contributed by atoms with E-state index >= 15 is 0 Å². The lowest BCUT2D eigenvalue weighted by molar-refractivity contribution is 0.481. The van der Waals surface area contributed by atoms with Crippen molar-refractivity contribution >= 4 is 39.5 Å². The molecular weight excluding hydrogens is 311 g/mol. The summed E-state index contributed by atoms with van der Waals surface area (Å²) in [6.45, 7) is 1.71. The van der Waals surface area contributed by atoms with Gasteiger partial charge in [0.25, 0.3) is 0 Å². The van der Waals surface area contributed by atoms with Gasteiger partial charge in [0.1, 0.15) is 11.6 Å². The lowest BCUT2D eigenvalue weighted by atomic mass is 10.1. The first-order chi connectivity index (χ1) is 11.0. The Kier molecular flexibility index (Phi) is 4.12. The third-order valence-electron chi connectivity index (χ3n) is 3.58. The normalized spacial score (nSPS) is 10.5. The fourth-order valence-electron chi connectivity index (χ4n) is 2.36. The molecule has 3 aromatic rings.